The molecule has 1 heteroatoms. The predicted molar refractivity (Wildman–Crippen MR) is 59.0 cm³/mol. The number of hydrogen-bond acceptors (Lipinski definition) is 1. The molecule has 13 heavy (non-hydrogen) atoms. The van der Waals surface area contributed by atoms with Gasteiger partial charge >= 0.3 is 0 Å². The molecule has 0 saturated carbocycles. The summed E-state index contributed by atoms with van der Waals surface area (Å²) in [5.41, 5.74) is 3.14. The standard InChI is InChI=1S/C6H12O.C6H12/c1-5(2)6(3,4)7-5;1-5(2)6(3)4/h1-4H3;1-4H3. The topological polar surface area (TPSA) is 12.5 Å². The first-order valence-corrected chi connectivity index (χ1v) is 4.91. The molecule has 0 aromatic rings. The molecule has 1 aliphatic rings. The average molecular weight is 184 g/mol. The van der Waals surface area contributed by atoms with Gasteiger partial charge in [0.15, 0.2) is 0 Å². The zero-order chi connectivity index (χ0) is 10.9. The highest BCUT2D eigenvalue weighted by molar-refractivity contribution is 5.03. The van der Waals surface area contributed by atoms with Crippen LogP contribution in [-0.2, 0) is 4.74 Å². The summed E-state index contributed by atoms with van der Waals surface area (Å²) in [5, 5.41) is 0. The molecule has 1 saturated heterocycles. The van der Waals surface area contributed by atoms with E-state index in [0.717, 1.165) is 0 Å². The fourth-order valence-electron chi connectivity index (χ4n) is 0.612. The van der Waals surface area contributed by atoms with Crippen molar-refractivity contribution in [2.45, 2.75) is 66.6 Å². The third-order valence-corrected chi connectivity index (χ3v) is 2.92. The summed E-state index contributed by atoms with van der Waals surface area (Å²) in [6.07, 6.45) is 0. The lowest BCUT2D eigenvalue weighted by Crippen LogP contribution is -2.10. The van der Waals surface area contributed by atoms with Crippen LogP contribution in [0.5, 0.6) is 0 Å². The van der Waals surface area contributed by atoms with E-state index in [1.807, 2.05) is 0 Å². The van der Waals surface area contributed by atoms with Gasteiger partial charge in [0.05, 0.1) is 11.2 Å². The SMILES string of the molecule is CC(C)=C(C)C.CC1(C)OC1(C)C. The Hall–Kier alpha value is -0.300. The van der Waals surface area contributed by atoms with Gasteiger partial charge < -0.3 is 4.74 Å². The molecule has 1 aliphatic heterocycles. The lowest BCUT2D eigenvalue weighted by Gasteiger charge is -1.95. The van der Waals surface area contributed by atoms with Crippen LogP contribution in [0.2, 0.25) is 0 Å². The highest BCUT2D eigenvalue weighted by atomic mass is 16.6. The van der Waals surface area contributed by atoms with Crippen molar-refractivity contribution >= 4 is 0 Å². The molecule has 1 heterocycles. The van der Waals surface area contributed by atoms with Gasteiger partial charge in [0, 0.05) is 0 Å². The summed E-state index contributed by atoms with van der Waals surface area (Å²) in [6.45, 7) is 16.9. The molecule has 0 spiro atoms. The van der Waals surface area contributed by atoms with Crippen LogP contribution in [0, 0.1) is 0 Å². The first-order valence-electron chi connectivity index (χ1n) is 4.91. The van der Waals surface area contributed by atoms with Crippen molar-refractivity contribution in [2.75, 3.05) is 0 Å². The van der Waals surface area contributed by atoms with Crippen molar-refractivity contribution in [3.05, 3.63) is 11.1 Å². The molecule has 0 atom stereocenters. The van der Waals surface area contributed by atoms with Crippen LogP contribution < -0.4 is 0 Å². The Morgan fingerprint density at radius 1 is 0.692 bits per heavy atom. The normalized spacial score (nSPS) is 21.2. The zero-order valence-corrected chi connectivity index (χ0v) is 10.4. The Morgan fingerprint density at radius 3 is 0.846 bits per heavy atom. The molecular formula is C12H24O. The summed E-state index contributed by atoms with van der Waals surface area (Å²) in [5.74, 6) is 0. The number of epoxide rings is 1. The zero-order valence-electron chi connectivity index (χ0n) is 10.4. The summed E-state index contributed by atoms with van der Waals surface area (Å²) >= 11 is 0. The van der Waals surface area contributed by atoms with Crippen LogP contribution in [-0.4, -0.2) is 11.2 Å². The summed E-state index contributed by atoms with van der Waals surface area (Å²) in [7, 11) is 0. The van der Waals surface area contributed by atoms with Gasteiger partial charge in [-0.15, -0.1) is 0 Å². The van der Waals surface area contributed by atoms with Crippen molar-refractivity contribution in [2.24, 2.45) is 0 Å². The minimum atomic E-state index is 0.146. The highest BCUT2D eigenvalue weighted by Gasteiger charge is 2.55. The van der Waals surface area contributed by atoms with E-state index < -0.39 is 0 Å². The minimum Gasteiger partial charge on any atom is -0.364 e. The van der Waals surface area contributed by atoms with E-state index in [-0.39, 0.29) is 11.2 Å². The van der Waals surface area contributed by atoms with Gasteiger partial charge in [-0.25, -0.2) is 0 Å². The Kier molecular flexibility index (Phi) is 3.74. The Morgan fingerprint density at radius 2 is 0.846 bits per heavy atom. The van der Waals surface area contributed by atoms with E-state index in [4.69, 9.17) is 4.74 Å². The van der Waals surface area contributed by atoms with E-state index in [0.29, 0.717) is 0 Å². The van der Waals surface area contributed by atoms with Gasteiger partial charge in [-0.3, -0.25) is 0 Å². The predicted octanol–water partition coefficient (Wildman–Crippen LogP) is 3.94. The third-order valence-electron chi connectivity index (χ3n) is 2.92. The summed E-state index contributed by atoms with van der Waals surface area (Å²) in [6, 6.07) is 0. The van der Waals surface area contributed by atoms with Gasteiger partial charge in [0.25, 0.3) is 0 Å². The number of hydrogen-bond donors (Lipinski definition) is 0. The van der Waals surface area contributed by atoms with E-state index in [1.54, 1.807) is 0 Å². The number of rotatable bonds is 0. The van der Waals surface area contributed by atoms with E-state index in [2.05, 4.69) is 55.4 Å². The number of ether oxygens (including phenoxy) is 1. The molecule has 78 valence electrons. The quantitative estimate of drug-likeness (QED) is 0.410. The van der Waals surface area contributed by atoms with Crippen molar-refractivity contribution < 1.29 is 4.74 Å². The second-order valence-electron chi connectivity index (χ2n) is 5.12. The molecule has 0 N–H and O–H groups in total. The van der Waals surface area contributed by atoms with Gasteiger partial charge in [0.2, 0.25) is 0 Å². The summed E-state index contributed by atoms with van der Waals surface area (Å²) < 4.78 is 5.29. The fourth-order valence-corrected chi connectivity index (χ4v) is 0.612. The maximum Gasteiger partial charge on any atom is 0.0918 e. The fraction of sp³-hybridized carbons (Fsp3) is 0.833. The second kappa shape index (κ2) is 3.83. The molecule has 0 radical (unpaired) electrons. The smallest absolute Gasteiger partial charge is 0.0918 e. The van der Waals surface area contributed by atoms with Crippen LogP contribution >= 0.6 is 0 Å². The van der Waals surface area contributed by atoms with E-state index in [1.165, 1.54) is 11.1 Å². The van der Waals surface area contributed by atoms with Crippen molar-refractivity contribution in [1.82, 2.24) is 0 Å². The molecular weight excluding hydrogens is 160 g/mol. The van der Waals surface area contributed by atoms with Crippen LogP contribution in [0.4, 0.5) is 0 Å². The second-order valence-corrected chi connectivity index (χ2v) is 5.12. The van der Waals surface area contributed by atoms with E-state index >= 15 is 0 Å². The third kappa shape index (κ3) is 3.95. The van der Waals surface area contributed by atoms with E-state index in [9.17, 15) is 0 Å². The largest absolute Gasteiger partial charge is 0.364 e. The maximum absolute atomic E-state index is 5.29. The first-order chi connectivity index (χ1) is 5.60. The molecule has 1 fully saturated rings. The van der Waals surface area contributed by atoms with Gasteiger partial charge in [-0.2, -0.15) is 0 Å². The first kappa shape index (κ1) is 12.7. The van der Waals surface area contributed by atoms with Crippen LogP contribution in [0.3, 0.4) is 0 Å². The molecule has 1 nitrogen and oxygen atoms in total. The molecule has 0 unspecified atom stereocenters. The van der Waals surface area contributed by atoms with Crippen molar-refractivity contribution in [3.63, 3.8) is 0 Å². The molecule has 0 amide bonds. The molecule has 0 aliphatic carbocycles. The molecule has 0 aromatic heterocycles. The minimum absolute atomic E-state index is 0.146. The Labute approximate surface area is 83.2 Å². The Bertz CT molecular complexity index is 179. The molecule has 0 aromatic carbocycles. The maximum atomic E-state index is 5.29. The van der Waals surface area contributed by atoms with Gasteiger partial charge in [-0.05, 0) is 55.4 Å². The van der Waals surface area contributed by atoms with Crippen LogP contribution in [0.25, 0.3) is 0 Å². The van der Waals surface area contributed by atoms with Crippen molar-refractivity contribution in [3.8, 4) is 0 Å². The molecule has 1 rings (SSSR count). The van der Waals surface area contributed by atoms with Gasteiger partial charge in [0.1, 0.15) is 0 Å². The highest BCUT2D eigenvalue weighted by Crippen LogP contribution is 2.46. The van der Waals surface area contributed by atoms with Crippen LogP contribution in [0.15, 0.2) is 11.1 Å². The Balaban J connectivity index is 0.000000226. The number of allylic oxidation sites excluding steroid dienone is 2. The van der Waals surface area contributed by atoms with Crippen LogP contribution in [0.1, 0.15) is 55.4 Å². The lowest BCUT2D eigenvalue weighted by atomic mass is 10.0. The molecule has 0 bridgehead atoms. The summed E-state index contributed by atoms with van der Waals surface area (Å²) in [4.78, 5) is 0. The average Bonchev–Trinajstić information content (AvgIpc) is 2.28. The van der Waals surface area contributed by atoms with Gasteiger partial charge in [-0.1, -0.05) is 11.1 Å². The monoisotopic (exact) mass is 184 g/mol. The van der Waals surface area contributed by atoms with Crippen molar-refractivity contribution in [1.29, 1.82) is 0 Å². The lowest BCUT2D eigenvalue weighted by molar-refractivity contribution is 0.296.